The van der Waals surface area contributed by atoms with Gasteiger partial charge in [-0.25, -0.2) is 4.68 Å². The van der Waals surface area contributed by atoms with Gasteiger partial charge in [0.25, 0.3) is 5.91 Å². The Balaban J connectivity index is 0.00000200. The van der Waals surface area contributed by atoms with Crippen molar-refractivity contribution in [3.63, 3.8) is 0 Å². The molecule has 1 atom stereocenters. The second-order valence-corrected chi connectivity index (χ2v) is 4.51. The number of para-hydroxylation sites is 1. The number of hydrogen-bond acceptors (Lipinski definition) is 3. The van der Waals surface area contributed by atoms with Gasteiger partial charge in [0.05, 0.1) is 17.4 Å². The van der Waals surface area contributed by atoms with Crippen LogP contribution in [0.4, 0.5) is 0 Å². The molecule has 0 radical (unpaired) electrons. The molecule has 1 amide bonds. The summed E-state index contributed by atoms with van der Waals surface area (Å²) in [5.41, 5.74) is 7.06. The van der Waals surface area contributed by atoms with E-state index in [4.69, 9.17) is 5.73 Å². The number of nitrogens with zero attached hydrogens (tertiary/aromatic N) is 3. The topological polar surface area (TPSA) is 64.2 Å². The third-order valence-corrected chi connectivity index (χ3v) is 3.17. The minimum absolute atomic E-state index is 0. The van der Waals surface area contributed by atoms with Gasteiger partial charge in [-0.05, 0) is 19.1 Å². The molecule has 6 heteroatoms. The molecule has 2 N–H and O–H groups in total. The first-order valence-corrected chi connectivity index (χ1v) is 6.21. The summed E-state index contributed by atoms with van der Waals surface area (Å²) < 4.78 is 1.69. The van der Waals surface area contributed by atoms with Crippen molar-refractivity contribution in [2.75, 3.05) is 13.6 Å². The monoisotopic (exact) mass is 294 g/mol. The van der Waals surface area contributed by atoms with E-state index in [1.165, 1.54) is 0 Å². The molecule has 1 unspecified atom stereocenters. The largest absolute Gasteiger partial charge is 0.338 e. The molecule has 108 valence electrons. The molecule has 0 fully saturated rings. The van der Waals surface area contributed by atoms with Crippen LogP contribution in [0.3, 0.4) is 0 Å². The quantitative estimate of drug-likeness (QED) is 0.934. The first-order chi connectivity index (χ1) is 9.13. The third-order valence-electron chi connectivity index (χ3n) is 3.17. The summed E-state index contributed by atoms with van der Waals surface area (Å²) in [4.78, 5) is 13.8. The Morgan fingerprint density at radius 1 is 1.40 bits per heavy atom. The average Bonchev–Trinajstić information content (AvgIpc) is 2.95. The number of carbonyl (C=O) groups excluding carboxylic acids is 1. The highest BCUT2D eigenvalue weighted by atomic mass is 35.5. The van der Waals surface area contributed by atoms with Crippen molar-refractivity contribution in [1.82, 2.24) is 14.7 Å². The molecular formula is C14H19ClN4O. The molecule has 1 aromatic heterocycles. The maximum Gasteiger partial charge on any atom is 0.257 e. The molecule has 2 aromatic rings. The summed E-state index contributed by atoms with van der Waals surface area (Å²) in [7, 11) is 1.75. The van der Waals surface area contributed by atoms with E-state index in [2.05, 4.69) is 5.10 Å². The molecule has 1 heterocycles. The van der Waals surface area contributed by atoms with Gasteiger partial charge >= 0.3 is 0 Å². The lowest BCUT2D eigenvalue weighted by Crippen LogP contribution is -2.39. The summed E-state index contributed by atoms with van der Waals surface area (Å²) >= 11 is 0. The van der Waals surface area contributed by atoms with Gasteiger partial charge in [-0.3, -0.25) is 4.79 Å². The predicted octanol–water partition coefficient (Wildman–Crippen LogP) is 1.71. The number of carbonyl (C=O) groups is 1. The fourth-order valence-electron chi connectivity index (χ4n) is 1.72. The number of rotatable bonds is 4. The van der Waals surface area contributed by atoms with E-state index in [0.29, 0.717) is 12.1 Å². The number of halogens is 1. The zero-order chi connectivity index (χ0) is 13.8. The normalized spacial score (nSPS) is 11.6. The van der Waals surface area contributed by atoms with Crippen LogP contribution in [0.25, 0.3) is 5.69 Å². The zero-order valence-corrected chi connectivity index (χ0v) is 12.4. The Bertz CT molecular complexity index is 555. The van der Waals surface area contributed by atoms with Crippen LogP contribution in [-0.2, 0) is 0 Å². The first-order valence-electron chi connectivity index (χ1n) is 6.21. The van der Waals surface area contributed by atoms with Crippen LogP contribution < -0.4 is 5.73 Å². The van der Waals surface area contributed by atoms with E-state index in [0.717, 1.165) is 5.69 Å². The lowest BCUT2D eigenvalue weighted by molar-refractivity contribution is 0.0748. The summed E-state index contributed by atoms with van der Waals surface area (Å²) in [6.45, 7) is 2.36. The highest BCUT2D eigenvalue weighted by Gasteiger charge is 2.18. The van der Waals surface area contributed by atoms with E-state index in [1.54, 1.807) is 29.0 Å². The molecule has 0 aliphatic carbocycles. The van der Waals surface area contributed by atoms with Gasteiger partial charge in [-0.1, -0.05) is 18.2 Å². The highest BCUT2D eigenvalue weighted by Crippen LogP contribution is 2.10. The molecule has 0 aliphatic heterocycles. The summed E-state index contributed by atoms with van der Waals surface area (Å²) in [6, 6.07) is 9.69. The van der Waals surface area contributed by atoms with Gasteiger partial charge in [0.1, 0.15) is 0 Å². The summed E-state index contributed by atoms with van der Waals surface area (Å²) in [5.74, 6) is -0.0693. The SMILES string of the molecule is CC(CN)N(C)C(=O)c1cnn(-c2ccccc2)c1.Cl. The van der Waals surface area contributed by atoms with E-state index < -0.39 is 0 Å². The highest BCUT2D eigenvalue weighted by molar-refractivity contribution is 5.93. The molecule has 20 heavy (non-hydrogen) atoms. The van der Waals surface area contributed by atoms with Crippen molar-refractivity contribution in [1.29, 1.82) is 0 Å². The Labute approximate surface area is 124 Å². The number of amides is 1. The second kappa shape index (κ2) is 7.07. The molecule has 5 nitrogen and oxygen atoms in total. The van der Waals surface area contributed by atoms with Crippen LogP contribution in [-0.4, -0.2) is 40.2 Å². The fourth-order valence-corrected chi connectivity index (χ4v) is 1.72. The van der Waals surface area contributed by atoms with Crippen LogP contribution in [0.15, 0.2) is 42.7 Å². The molecule has 2 rings (SSSR count). The smallest absolute Gasteiger partial charge is 0.257 e. The van der Waals surface area contributed by atoms with Crippen LogP contribution >= 0.6 is 12.4 Å². The zero-order valence-electron chi connectivity index (χ0n) is 11.6. The Morgan fingerprint density at radius 2 is 2.05 bits per heavy atom. The van der Waals surface area contributed by atoms with Gasteiger partial charge < -0.3 is 10.6 Å². The minimum atomic E-state index is -0.0693. The van der Waals surface area contributed by atoms with Crippen LogP contribution in [0.2, 0.25) is 0 Å². The molecule has 0 aliphatic rings. The van der Waals surface area contributed by atoms with Gasteiger partial charge in [0.2, 0.25) is 0 Å². The molecule has 1 aromatic carbocycles. The fraction of sp³-hybridized carbons (Fsp3) is 0.286. The van der Waals surface area contributed by atoms with Crippen molar-refractivity contribution in [2.45, 2.75) is 13.0 Å². The Morgan fingerprint density at radius 3 is 2.65 bits per heavy atom. The molecule has 0 bridgehead atoms. The van der Waals surface area contributed by atoms with Crippen LogP contribution in [0.5, 0.6) is 0 Å². The van der Waals surface area contributed by atoms with Crippen molar-refractivity contribution < 1.29 is 4.79 Å². The Hall–Kier alpha value is -1.85. The third kappa shape index (κ3) is 3.37. The lowest BCUT2D eigenvalue weighted by Gasteiger charge is -2.22. The first kappa shape index (κ1) is 16.2. The number of likely N-dealkylation sites (N-methyl/N-ethyl adjacent to an activating group) is 1. The summed E-state index contributed by atoms with van der Waals surface area (Å²) in [6.07, 6.45) is 3.31. The van der Waals surface area contributed by atoms with Gasteiger partial charge in [-0.15, -0.1) is 12.4 Å². The minimum Gasteiger partial charge on any atom is -0.338 e. The molecular weight excluding hydrogens is 276 g/mol. The van der Waals surface area contributed by atoms with Gasteiger partial charge in [-0.2, -0.15) is 5.10 Å². The molecule has 0 spiro atoms. The van der Waals surface area contributed by atoms with Gasteiger partial charge in [0, 0.05) is 25.8 Å². The second-order valence-electron chi connectivity index (χ2n) is 4.51. The predicted molar refractivity (Wildman–Crippen MR) is 81.4 cm³/mol. The van der Waals surface area contributed by atoms with Crippen molar-refractivity contribution in [3.8, 4) is 5.69 Å². The molecule has 0 saturated heterocycles. The van der Waals surface area contributed by atoms with E-state index in [1.807, 2.05) is 37.3 Å². The van der Waals surface area contributed by atoms with Crippen molar-refractivity contribution >= 4 is 18.3 Å². The van der Waals surface area contributed by atoms with E-state index in [-0.39, 0.29) is 24.4 Å². The van der Waals surface area contributed by atoms with Crippen molar-refractivity contribution in [3.05, 3.63) is 48.3 Å². The standard InChI is InChI=1S/C14H18N4O.ClH/c1-11(8-15)17(2)14(19)12-9-16-18(10-12)13-6-4-3-5-7-13;/h3-7,9-11H,8,15H2,1-2H3;1H. The maximum absolute atomic E-state index is 12.2. The number of hydrogen-bond donors (Lipinski definition) is 1. The van der Waals surface area contributed by atoms with Crippen LogP contribution in [0, 0.1) is 0 Å². The lowest BCUT2D eigenvalue weighted by atomic mass is 10.2. The van der Waals surface area contributed by atoms with E-state index >= 15 is 0 Å². The van der Waals surface area contributed by atoms with Gasteiger partial charge in [0.15, 0.2) is 0 Å². The number of benzene rings is 1. The number of nitrogens with two attached hydrogens (primary N) is 1. The Kier molecular flexibility index (Phi) is 5.73. The number of aromatic nitrogens is 2. The van der Waals surface area contributed by atoms with Crippen LogP contribution in [0.1, 0.15) is 17.3 Å². The molecule has 0 saturated carbocycles. The van der Waals surface area contributed by atoms with Crippen molar-refractivity contribution in [2.24, 2.45) is 5.73 Å². The average molecular weight is 295 g/mol. The summed E-state index contributed by atoms with van der Waals surface area (Å²) in [5, 5.41) is 4.21. The maximum atomic E-state index is 12.2. The van der Waals surface area contributed by atoms with E-state index in [9.17, 15) is 4.79 Å².